The minimum absolute atomic E-state index is 0.0136. The van der Waals surface area contributed by atoms with Gasteiger partial charge >= 0.3 is 0 Å². The van der Waals surface area contributed by atoms with Gasteiger partial charge in [-0.15, -0.1) is 11.3 Å². The Morgan fingerprint density at radius 1 is 1.43 bits per heavy atom. The predicted molar refractivity (Wildman–Crippen MR) is 80.0 cm³/mol. The van der Waals surface area contributed by atoms with Gasteiger partial charge in [0, 0.05) is 36.1 Å². The van der Waals surface area contributed by atoms with Crippen molar-refractivity contribution in [2.75, 3.05) is 6.54 Å². The van der Waals surface area contributed by atoms with E-state index in [-0.39, 0.29) is 23.5 Å². The normalized spacial score (nSPS) is 11.8. The van der Waals surface area contributed by atoms with Crippen LogP contribution in [0, 0.1) is 12.7 Å². The van der Waals surface area contributed by atoms with Gasteiger partial charge in [-0.2, -0.15) is 0 Å². The number of nitrogens with two attached hydrogens (primary N) is 1. The van der Waals surface area contributed by atoms with E-state index in [1.54, 1.807) is 0 Å². The number of rotatable bonds is 6. The minimum atomic E-state index is -3.67. The maximum Gasteiger partial charge on any atom is 0.240 e. The lowest BCUT2D eigenvalue weighted by atomic mass is 10.2. The summed E-state index contributed by atoms with van der Waals surface area (Å²) < 4.78 is 40.0. The summed E-state index contributed by atoms with van der Waals surface area (Å²) in [5.74, 6) is -0.505. The molecular formula is C13H16FN3O2S2. The molecule has 1 aromatic carbocycles. The molecule has 0 fully saturated rings. The molecule has 0 atom stereocenters. The fourth-order valence-corrected chi connectivity index (χ4v) is 3.63. The number of sulfonamides is 1. The first-order valence-electron chi connectivity index (χ1n) is 6.31. The Morgan fingerprint density at radius 2 is 2.19 bits per heavy atom. The quantitative estimate of drug-likeness (QED) is 0.842. The van der Waals surface area contributed by atoms with Crippen LogP contribution in [0.25, 0.3) is 0 Å². The third kappa shape index (κ3) is 4.07. The SMILES string of the molecule is Cc1csc(CCNS(=O)(=O)c2ccc(F)c(CN)c2)n1. The van der Waals surface area contributed by atoms with Gasteiger partial charge < -0.3 is 5.73 Å². The Balaban J connectivity index is 2.04. The standard InChI is InChI=1S/C13H16FN3O2S2/c1-9-8-20-13(17-9)4-5-16-21(18,19)11-2-3-12(14)10(6-11)7-15/h2-3,6,8,16H,4-5,7,15H2,1H3. The highest BCUT2D eigenvalue weighted by molar-refractivity contribution is 7.89. The Morgan fingerprint density at radius 3 is 2.81 bits per heavy atom. The number of thiazole rings is 1. The highest BCUT2D eigenvalue weighted by atomic mass is 32.2. The molecule has 114 valence electrons. The van der Waals surface area contributed by atoms with Crippen LogP contribution >= 0.6 is 11.3 Å². The predicted octanol–water partition coefficient (Wildman–Crippen LogP) is 1.57. The van der Waals surface area contributed by atoms with E-state index in [2.05, 4.69) is 9.71 Å². The Bertz CT molecular complexity index is 729. The van der Waals surface area contributed by atoms with Crippen LogP contribution < -0.4 is 10.5 Å². The fraction of sp³-hybridized carbons (Fsp3) is 0.308. The van der Waals surface area contributed by atoms with Gasteiger partial charge in [0.05, 0.1) is 9.90 Å². The van der Waals surface area contributed by atoms with Crippen molar-refractivity contribution in [1.29, 1.82) is 0 Å². The van der Waals surface area contributed by atoms with Crippen LogP contribution in [0.2, 0.25) is 0 Å². The highest BCUT2D eigenvalue weighted by Crippen LogP contribution is 2.15. The van der Waals surface area contributed by atoms with Gasteiger partial charge in [-0.3, -0.25) is 0 Å². The molecule has 0 aliphatic rings. The van der Waals surface area contributed by atoms with Crippen LogP contribution in [0.5, 0.6) is 0 Å². The summed E-state index contributed by atoms with van der Waals surface area (Å²) in [6.07, 6.45) is 0.517. The molecule has 0 spiro atoms. The molecule has 0 saturated heterocycles. The van der Waals surface area contributed by atoms with E-state index in [1.165, 1.54) is 23.5 Å². The molecule has 0 radical (unpaired) electrons. The number of benzene rings is 1. The smallest absolute Gasteiger partial charge is 0.240 e. The van der Waals surface area contributed by atoms with Gasteiger partial charge in [-0.25, -0.2) is 22.5 Å². The van der Waals surface area contributed by atoms with E-state index in [0.29, 0.717) is 6.42 Å². The van der Waals surface area contributed by atoms with Crippen molar-refractivity contribution in [3.63, 3.8) is 0 Å². The third-order valence-electron chi connectivity index (χ3n) is 2.84. The maximum atomic E-state index is 13.3. The third-order valence-corrected chi connectivity index (χ3v) is 5.33. The van der Waals surface area contributed by atoms with Crippen LogP contribution in [0.4, 0.5) is 4.39 Å². The maximum absolute atomic E-state index is 13.3. The summed E-state index contributed by atoms with van der Waals surface area (Å²) in [5.41, 5.74) is 6.47. The first-order valence-corrected chi connectivity index (χ1v) is 8.68. The molecule has 0 bridgehead atoms. The lowest BCUT2D eigenvalue weighted by Crippen LogP contribution is -2.26. The van der Waals surface area contributed by atoms with Gasteiger partial charge in [0.25, 0.3) is 0 Å². The van der Waals surface area contributed by atoms with E-state index in [9.17, 15) is 12.8 Å². The Hall–Kier alpha value is -1.35. The van der Waals surface area contributed by atoms with Crippen molar-refractivity contribution in [1.82, 2.24) is 9.71 Å². The first kappa shape index (κ1) is 16.0. The van der Waals surface area contributed by atoms with Crippen molar-refractivity contribution >= 4 is 21.4 Å². The van der Waals surface area contributed by atoms with E-state index < -0.39 is 15.8 Å². The summed E-state index contributed by atoms with van der Waals surface area (Å²) in [6.45, 7) is 2.08. The van der Waals surface area contributed by atoms with Gasteiger partial charge in [0.1, 0.15) is 5.82 Å². The molecule has 0 saturated carbocycles. The second-order valence-electron chi connectivity index (χ2n) is 4.49. The first-order chi connectivity index (χ1) is 9.92. The number of hydrogen-bond donors (Lipinski definition) is 2. The molecule has 2 aromatic rings. The van der Waals surface area contributed by atoms with Crippen LogP contribution in [0.1, 0.15) is 16.3 Å². The van der Waals surface area contributed by atoms with E-state index in [1.807, 2.05) is 12.3 Å². The second-order valence-corrected chi connectivity index (χ2v) is 7.20. The van der Waals surface area contributed by atoms with Crippen molar-refractivity contribution in [3.8, 4) is 0 Å². The monoisotopic (exact) mass is 329 g/mol. The summed E-state index contributed by atoms with van der Waals surface area (Å²) >= 11 is 1.49. The molecule has 0 aliphatic carbocycles. The van der Waals surface area contributed by atoms with Crippen molar-refractivity contribution in [3.05, 3.63) is 45.7 Å². The summed E-state index contributed by atoms with van der Waals surface area (Å²) in [7, 11) is -3.67. The molecule has 3 N–H and O–H groups in total. The average molecular weight is 329 g/mol. The number of aryl methyl sites for hydroxylation is 1. The van der Waals surface area contributed by atoms with Crippen LogP contribution in [0.15, 0.2) is 28.5 Å². The topological polar surface area (TPSA) is 85.1 Å². The van der Waals surface area contributed by atoms with Crippen LogP contribution in [0.3, 0.4) is 0 Å². The molecular weight excluding hydrogens is 313 g/mol. The number of nitrogens with one attached hydrogen (secondary N) is 1. The minimum Gasteiger partial charge on any atom is -0.326 e. The lowest BCUT2D eigenvalue weighted by Gasteiger charge is -2.08. The van der Waals surface area contributed by atoms with Gasteiger partial charge in [0.2, 0.25) is 10.0 Å². The molecule has 5 nitrogen and oxygen atoms in total. The number of hydrogen-bond acceptors (Lipinski definition) is 5. The average Bonchev–Trinajstić information content (AvgIpc) is 2.84. The molecule has 1 heterocycles. The molecule has 0 aliphatic heterocycles. The second kappa shape index (κ2) is 6.61. The van der Waals surface area contributed by atoms with Crippen LogP contribution in [-0.2, 0) is 23.0 Å². The van der Waals surface area contributed by atoms with Crippen LogP contribution in [-0.4, -0.2) is 19.9 Å². The molecule has 2 rings (SSSR count). The summed E-state index contributed by atoms with van der Waals surface area (Å²) in [6, 6.07) is 3.59. The van der Waals surface area contributed by atoms with Crippen molar-refractivity contribution in [2.24, 2.45) is 5.73 Å². The summed E-state index contributed by atoms with van der Waals surface area (Å²) in [4.78, 5) is 4.27. The van der Waals surface area contributed by atoms with Gasteiger partial charge in [-0.1, -0.05) is 0 Å². The highest BCUT2D eigenvalue weighted by Gasteiger charge is 2.15. The van der Waals surface area contributed by atoms with E-state index >= 15 is 0 Å². The molecule has 0 amide bonds. The Kier molecular flexibility index (Phi) is 5.04. The van der Waals surface area contributed by atoms with Crippen molar-refractivity contribution in [2.45, 2.75) is 24.8 Å². The molecule has 0 unspecified atom stereocenters. The van der Waals surface area contributed by atoms with E-state index in [4.69, 9.17) is 5.73 Å². The zero-order valence-corrected chi connectivity index (χ0v) is 13.1. The molecule has 21 heavy (non-hydrogen) atoms. The van der Waals surface area contributed by atoms with Gasteiger partial charge in [0.15, 0.2) is 0 Å². The van der Waals surface area contributed by atoms with Crippen molar-refractivity contribution < 1.29 is 12.8 Å². The molecule has 8 heteroatoms. The zero-order valence-electron chi connectivity index (χ0n) is 11.5. The van der Waals surface area contributed by atoms with E-state index in [0.717, 1.165) is 16.8 Å². The van der Waals surface area contributed by atoms with Gasteiger partial charge in [-0.05, 0) is 25.1 Å². The number of nitrogens with zero attached hydrogens (tertiary/aromatic N) is 1. The zero-order chi connectivity index (χ0) is 15.5. The fourth-order valence-electron chi connectivity index (χ4n) is 1.77. The lowest BCUT2D eigenvalue weighted by molar-refractivity contribution is 0.579. The molecule has 1 aromatic heterocycles. The largest absolute Gasteiger partial charge is 0.326 e. The number of halogens is 1. The summed E-state index contributed by atoms with van der Waals surface area (Å²) in [5, 5.41) is 2.79. The Labute approximate surface area is 127 Å². The number of aromatic nitrogens is 1.